The van der Waals surface area contributed by atoms with Gasteiger partial charge in [0.2, 0.25) is 23.6 Å². The standard InChI is InChI=1S/C13H21NO3S.C11H17NO3S.CH4/c1-3-10(15)7-5-4-6-8-14-12(16)9-11(18-2)13(14)17;1-16-9-8-10(14)12(11(9)15)6-4-2-3-5-7-13;/h11H,3-9H2,1-2H3;7,9H,2-6,8H2,1H3;1H4/i1D;7D;. The molecule has 2 aliphatic heterocycles. The van der Waals surface area contributed by atoms with Crippen molar-refractivity contribution in [3.8, 4) is 0 Å². The summed E-state index contributed by atoms with van der Waals surface area (Å²) in [5, 5.41) is -0.413. The van der Waals surface area contributed by atoms with Crippen molar-refractivity contribution < 1.29 is 31.5 Å². The second kappa shape index (κ2) is 18.6. The first-order valence-corrected chi connectivity index (χ1v) is 14.3. The molecule has 0 spiro atoms. The molecule has 200 valence electrons. The number of rotatable bonds is 15. The molecule has 2 fully saturated rings. The minimum Gasteiger partial charge on any atom is -0.303 e. The van der Waals surface area contributed by atoms with Gasteiger partial charge in [0.1, 0.15) is 13.4 Å². The first kappa shape index (κ1) is 29.5. The maximum Gasteiger partial charge on any atom is 0.242 e. The van der Waals surface area contributed by atoms with E-state index in [2.05, 4.69) is 0 Å². The zero-order valence-electron chi connectivity index (χ0n) is 22.2. The van der Waals surface area contributed by atoms with Crippen molar-refractivity contribution in [1.82, 2.24) is 9.80 Å². The zero-order chi connectivity index (χ0) is 27.1. The van der Waals surface area contributed by atoms with Gasteiger partial charge in [-0.25, -0.2) is 0 Å². The van der Waals surface area contributed by atoms with Crippen LogP contribution in [0.3, 0.4) is 0 Å². The van der Waals surface area contributed by atoms with Gasteiger partial charge < -0.3 is 4.79 Å². The van der Waals surface area contributed by atoms with Crippen LogP contribution in [-0.2, 0) is 28.8 Å². The number of nitrogens with zero attached hydrogens (tertiary/aromatic N) is 2. The lowest BCUT2D eigenvalue weighted by Crippen LogP contribution is -2.32. The van der Waals surface area contributed by atoms with Crippen molar-refractivity contribution in [2.75, 3.05) is 25.6 Å². The van der Waals surface area contributed by atoms with E-state index in [-0.39, 0.29) is 60.7 Å². The summed E-state index contributed by atoms with van der Waals surface area (Å²) in [6.07, 6.45) is 9.37. The Morgan fingerprint density at radius 3 is 1.80 bits per heavy atom. The van der Waals surface area contributed by atoms with Crippen LogP contribution < -0.4 is 0 Å². The summed E-state index contributed by atoms with van der Waals surface area (Å²) >= 11 is 2.84. The normalized spacial score (nSPS) is 20.3. The number of hydrogen-bond donors (Lipinski definition) is 0. The highest BCUT2D eigenvalue weighted by molar-refractivity contribution is 8.00. The molecule has 2 aliphatic rings. The zero-order valence-corrected chi connectivity index (χ0v) is 21.8. The third-order valence-corrected chi connectivity index (χ3v) is 7.63. The van der Waals surface area contributed by atoms with Gasteiger partial charge in [-0.05, 0) is 38.2 Å². The fourth-order valence-corrected chi connectivity index (χ4v) is 4.96. The Bertz CT molecular complexity index is 799. The van der Waals surface area contributed by atoms with Gasteiger partial charge in [0.15, 0.2) is 0 Å². The summed E-state index contributed by atoms with van der Waals surface area (Å²) in [4.78, 5) is 71.0. The molecule has 0 aromatic heterocycles. The lowest BCUT2D eigenvalue weighted by molar-refractivity contribution is -0.139. The Morgan fingerprint density at radius 1 is 0.914 bits per heavy atom. The molecule has 2 unspecified atom stereocenters. The van der Waals surface area contributed by atoms with Crippen LogP contribution in [0.5, 0.6) is 0 Å². The molecule has 4 amide bonds. The maximum atomic E-state index is 11.8. The molecule has 35 heavy (non-hydrogen) atoms. The molecule has 0 radical (unpaired) electrons. The first-order chi connectivity index (χ1) is 17.2. The van der Waals surface area contributed by atoms with Gasteiger partial charge in [-0.2, -0.15) is 23.5 Å². The molecule has 0 aromatic carbocycles. The Kier molecular flexibility index (Phi) is 15.7. The second-order valence-electron chi connectivity index (χ2n) is 8.18. The fraction of sp³-hybridized carbons (Fsp3) is 0.760. The second-order valence-corrected chi connectivity index (χ2v) is 10.3. The number of Topliss-reactive ketones (excluding diaryl/α,β-unsaturated/α-hetero) is 1. The molecule has 2 rings (SSSR count). The fourth-order valence-electron chi connectivity index (χ4n) is 3.68. The van der Waals surface area contributed by atoms with E-state index < -0.39 is 6.26 Å². The van der Waals surface area contributed by atoms with Gasteiger partial charge in [-0.15, -0.1) is 0 Å². The van der Waals surface area contributed by atoms with Crippen molar-refractivity contribution in [1.29, 1.82) is 0 Å². The largest absolute Gasteiger partial charge is 0.303 e. The van der Waals surface area contributed by atoms with Crippen molar-refractivity contribution in [3.05, 3.63) is 0 Å². The van der Waals surface area contributed by atoms with E-state index in [1.807, 2.05) is 12.5 Å². The van der Waals surface area contributed by atoms with Crippen molar-refractivity contribution >= 4 is 59.2 Å². The van der Waals surface area contributed by atoms with Gasteiger partial charge in [0.25, 0.3) is 0 Å². The van der Waals surface area contributed by atoms with Crippen LogP contribution in [0.25, 0.3) is 0 Å². The molecule has 0 saturated carbocycles. The van der Waals surface area contributed by atoms with Crippen LogP contribution in [0, 0.1) is 0 Å². The summed E-state index contributed by atoms with van der Waals surface area (Å²) in [6, 6.07) is 0. The van der Waals surface area contributed by atoms with E-state index >= 15 is 0 Å². The number of imide groups is 2. The molecule has 2 atom stereocenters. The van der Waals surface area contributed by atoms with Crippen LogP contribution in [-0.4, -0.2) is 81.6 Å². The van der Waals surface area contributed by atoms with E-state index in [1.165, 1.54) is 33.3 Å². The van der Waals surface area contributed by atoms with Crippen LogP contribution in [0.1, 0.15) is 87.7 Å². The average molecular weight is 533 g/mol. The number of likely N-dealkylation sites (tertiary alicyclic amines) is 2. The predicted molar refractivity (Wildman–Crippen MR) is 142 cm³/mol. The SMILES string of the molecule is C.[2H]C(=O)CCCCCN1C(=O)CC(SC)C1=O.[2H]CCC(=O)CCCCCN1C(=O)CC(SC)C1=O. The molecule has 0 aromatic rings. The predicted octanol–water partition coefficient (Wildman–Crippen LogP) is 3.89. The van der Waals surface area contributed by atoms with E-state index in [4.69, 9.17) is 2.74 Å². The van der Waals surface area contributed by atoms with E-state index in [0.717, 1.165) is 25.7 Å². The number of carbonyl (C=O) groups is 6. The summed E-state index contributed by atoms with van der Waals surface area (Å²) < 4.78 is 13.7. The number of amides is 4. The third kappa shape index (κ3) is 11.3. The molecule has 0 bridgehead atoms. The summed E-state index contributed by atoms with van der Waals surface area (Å²) in [5.74, 6) is -0.187. The number of aldehydes is 1. The lowest BCUT2D eigenvalue weighted by Gasteiger charge is -2.14. The average Bonchev–Trinajstić information content (AvgIpc) is 3.27. The van der Waals surface area contributed by atoms with Crippen molar-refractivity contribution in [2.24, 2.45) is 0 Å². The van der Waals surface area contributed by atoms with Gasteiger partial charge in [-0.3, -0.25) is 33.8 Å². The molecule has 2 heterocycles. The van der Waals surface area contributed by atoms with Crippen LogP contribution in [0.2, 0.25) is 0 Å². The topological polar surface area (TPSA) is 109 Å². The Morgan fingerprint density at radius 2 is 1.40 bits per heavy atom. The van der Waals surface area contributed by atoms with E-state index in [0.29, 0.717) is 51.6 Å². The van der Waals surface area contributed by atoms with Crippen LogP contribution >= 0.6 is 23.5 Å². The quantitative estimate of drug-likeness (QED) is 0.178. The summed E-state index contributed by atoms with van der Waals surface area (Å²) in [6.45, 7) is 1.08. The lowest BCUT2D eigenvalue weighted by atomic mass is 10.1. The molecule has 10 heteroatoms. The minimum absolute atomic E-state index is 0. The van der Waals surface area contributed by atoms with Gasteiger partial charge in [-0.1, -0.05) is 27.2 Å². The molecular weight excluding hydrogens is 488 g/mol. The maximum absolute atomic E-state index is 11.8. The van der Waals surface area contributed by atoms with Gasteiger partial charge in [0, 0.05) is 46.6 Å². The Hall–Kier alpha value is -1.68. The first-order valence-electron chi connectivity index (χ1n) is 12.9. The molecular formula is C25H42N2O6S2. The number of ketones is 1. The number of hydrogen-bond acceptors (Lipinski definition) is 8. The van der Waals surface area contributed by atoms with Gasteiger partial charge >= 0.3 is 0 Å². The number of unbranched alkanes of at least 4 members (excludes halogenated alkanes) is 4. The third-order valence-electron chi connectivity index (χ3n) is 5.75. The highest BCUT2D eigenvalue weighted by atomic mass is 32.2. The van der Waals surface area contributed by atoms with E-state index in [9.17, 15) is 28.8 Å². The van der Waals surface area contributed by atoms with Crippen LogP contribution in [0.4, 0.5) is 0 Å². The Balaban J connectivity index is 0.000000686. The minimum atomic E-state index is -0.555. The molecule has 0 aliphatic carbocycles. The molecule has 2 saturated heterocycles. The highest BCUT2D eigenvalue weighted by Gasteiger charge is 2.38. The number of carbonyl (C=O) groups excluding carboxylic acids is 6. The van der Waals surface area contributed by atoms with Crippen LogP contribution in [0.15, 0.2) is 0 Å². The monoisotopic (exact) mass is 532 g/mol. The van der Waals surface area contributed by atoms with Crippen molar-refractivity contribution in [3.63, 3.8) is 0 Å². The van der Waals surface area contributed by atoms with Crippen molar-refractivity contribution in [2.45, 2.75) is 95.5 Å². The molecule has 0 N–H and O–H groups in total. The number of thioether (sulfide) groups is 2. The Labute approximate surface area is 221 Å². The summed E-state index contributed by atoms with van der Waals surface area (Å²) in [7, 11) is 0. The molecule has 8 nitrogen and oxygen atoms in total. The summed E-state index contributed by atoms with van der Waals surface area (Å²) in [5.41, 5.74) is 0. The highest BCUT2D eigenvalue weighted by Crippen LogP contribution is 2.24. The smallest absolute Gasteiger partial charge is 0.242 e. The van der Waals surface area contributed by atoms with Gasteiger partial charge in [0.05, 0.1) is 10.5 Å². The van der Waals surface area contributed by atoms with E-state index in [1.54, 1.807) is 0 Å².